The van der Waals surface area contributed by atoms with E-state index >= 15 is 0 Å². The van der Waals surface area contributed by atoms with Crippen molar-refractivity contribution in [3.63, 3.8) is 0 Å². The first kappa shape index (κ1) is 13.3. The minimum absolute atomic E-state index is 0.601. The van der Waals surface area contributed by atoms with Crippen LogP contribution < -0.4 is 0 Å². The molecular weight excluding hydrogens is 314 g/mol. The highest BCUT2D eigenvalue weighted by molar-refractivity contribution is 9.10. The van der Waals surface area contributed by atoms with Gasteiger partial charge in [-0.3, -0.25) is 0 Å². The van der Waals surface area contributed by atoms with Crippen LogP contribution in [0.25, 0.3) is 16.9 Å². The fourth-order valence-corrected chi connectivity index (χ4v) is 2.60. The van der Waals surface area contributed by atoms with Gasteiger partial charge in [-0.1, -0.05) is 38.1 Å². The third-order valence-electron chi connectivity index (χ3n) is 3.68. The van der Waals surface area contributed by atoms with Crippen molar-refractivity contribution >= 4 is 21.6 Å². The lowest BCUT2D eigenvalue weighted by atomic mass is 9.97. The van der Waals surface area contributed by atoms with E-state index < -0.39 is 0 Å². The molecule has 0 spiro atoms. The average molecular weight is 330 g/mol. The molecule has 0 amide bonds. The van der Waals surface area contributed by atoms with E-state index in [1.165, 1.54) is 5.56 Å². The summed E-state index contributed by atoms with van der Waals surface area (Å²) >= 11 is 3.37. The first-order valence-corrected chi connectivity index (χ1v) is 7.59. The summed E-state index contributed by atoms with van der Waals surface area (Å²) in [5.41, 5.74) is 4.31. The predicted octanol–water partition coefficient (Wildman–Crippen LogP) is 4.67. The van der Waals surface area contributed by atoms with Crippen LogP contribution in [0.4, 0.5) is 0 Å². The van der Waals surface area contributed by atoms with Gasteiger partial charge in [0.1, 0.15) is 4.60 Å². The number of halogens is 1. The zero-order valence-electron chi connectivity index (χ0n) is 11.5. The molecular formula is C16H16BrN3. The molecule has 1 atom stereocenters. The van der Waals surface area contributed by atoms with Crippen LogP contribution in [0.15, 0.2) is 47.2 Å². The van der Waals surface area contributed by atoms with Crippen LogP contribution in [0, 0.1) is 0 Å². The molecule has 4 heteroatoms. The molecule has 1 aromatic carbocycles. The van der Waals surface area contributed by atoms with Gasteiger partial charge in [0.2, 0.25) is 0 Å². The number of rotatable bonds is 3. The third kappa shape index (κ3) is 2.48. The van der Waals surface area contributed by atoms with E-state index in [1.807, 2.05) is 18.3 Å². The molecule has 2 heterocycles. The molecule has 3 nitrogen and oxygen atoms in total. The van der Waals surface area contributed by atoms with Crippen LogP contribution in [0.3, 0.4) is 0 Å². The summed E-state index contributed by atoms with van der Waals surface area (Å²) in [6.45, 7) is 4.47. The first-order valence-electron chi connectivity index (χ1n) is 6.79. The van der Waals surface area contributed by atoms with Gasteiger partial charge in [-0.05, 0) is 46.0 Å². The Bertz CT molecular complexity index is 731. The summed E-state index contributed by atoms with van der Waals surface area (Å²) in [6.07, 6.45) is 3.03. The molecule has 0 radical (unpaired) electrons. The summed E-state index contributed by atoms with van der Waals surface area (Å²) in [5.74, 6) is 0.601. The van der Waals surface area contributed by atoms with Gasteiger partial charge in [0.15, 0.2) is 5.65 Å². The summed E-state index contributed by atoms with van der Waals surface area (Å²) < 4.78 is 2.59. The maximum absolute atomic E-state index is 4.59. The molecule has 0 fully saturated rings. The normalized spacial score (nSPS) is 12.8. The highest BCUT2D eigenvalue weighted by atomic mass is 79.9. The number of hydrogen-bond donors (Lipinski definition) is 0. The Morgan fingerprint density at radius 1 is 1.15 bits per heavy atom. The van der Waals surface area contributed by atoms with Crippen LogP contribution in [-0.2, 0) is 0 Å². The monoisotopic (exact) mass is 329 g/mol. The summed E-state index contributed by atoms with van der Waals surface area (Å²) in [6, 6.07) is 12.7. The van der Waals surface area contributed by atoms with Crippen molar-refractivity contribution in [3.8, 4) is 11.3 Å². The van der Waals surface area contributed by atoms with Crippen molar-refractivity contribution in [1.82, 2.24) is 14.6 Å². The molecule has 2 aromatic heterocycles. The van der Waals surface area contributed by atoms with Crippen LogP contribution in [0.1, 0.15) is 31.7 Å². The highest BCUT2D eigenvalue weighted by Crippen LogP contribution is 2.23. The maximum Gasteiger partial charge on any atom is 0.154 e. The molecule has 1 unspecified atom stereocenters. The minimum atomic E-state index is 0.601. The second kappa shape index (κ2) is 5.37. The summed E-state index contributed by atoms with van der Waals surface area (Å²) in [5, 5.41) is 4.59. The van der Waals surface area contributed by atoms with Gasteiger partial charge in [-0.25, -0.2) is 9.50 Å². The Morgan fingerprint density at radius 2 is 1.90 bits per heavy atom. The van der Waals surface area contributed by atoms with Crippen molar-refractivity contribution in [3.05, 3.63) is 52.8 Å². The molecule has 102 valence electrons. The Kier molecular flexibility index (Phi) is 3.57. The van der Waals surface area contributed by atoms with Crippen LogP contribution in [0.2, 0.25) is 0 Å². The molecule has 0 aliphatic heterocycles. The molecule has 20 heavy (non-hydrogen) atoms. The van der Waals surface area contributed by atoms with Crippen molar-refractivity contribution in [1.29, 1.82) is 0 Å². The number of hydrogen-bond acceptors (Lipinski definition) is 2. The molecule has 0 aliphatic rings. The molecule has 0 aliphatic carbocycles. The largest absolute Gasteiger partial charge is 0.220 e. The number of aromatic nitrogens is 3. The van der Waals surface area contributed by atoms with Gasteiger partial charge in [0.05, 0.1) is 11.9 Å². The van der Waals surface area contributed by atoms with Crippen LogP contribution in [0.5, 0.6) is 0 Å². The van der Waals surface area contributed by atoms with E-state index in [0.29, 0.717) is 5.92 Å². The lowest BCUT2D eigenvalue weighted by Gasteiger charge is -2.09. The van der Waals surface area contributed by atoms with Crippen molar-refractivity contribution < 1.29 is 0 Å². The standard InChI is InChI=1S/C16H16BrN3/c1-3-11(2)12-4-6-13(7-5-12)14-8-9-16-18-15(17)10-20(16)19-14/h4-11H,3H2,1-2H3. The Labute approximate surface area is 126 Å². The second-order valence-electron chi connectivity index (χ2n) is 5.02. The van der Waals surface area contributed by atoms with Crippen LogP contribution >= 0.6 is 15.9 Å². The summed E-state index contributed by atoms with van der Waals surface area (Å²) in [7, 11) is 0. The molecule has 3 aromatic rings. The van der Waals surface area contributed by atoms with Crippen molar-refractivity contribution in [2.75, 3.05) is 0 Å². The number of imidazole rings is 1. The molecule has 3 rings (SSSR count). The van der Waals surface area contributed by atoms with Gasteiger partial charge in [0.25, 0.3) is 0 Å². The zero-order chi connectivity index (χ0) is 14.1. The fraction of sp³-hybridized carbons (Fsp3) is 0.250. The predicted molar refractivity (Wildman–Crippen MR) is 84.8 cm³/mol. The summed E-state index contributed by atoms with van der Waals surface area (Å²) in [4.78, 5) is 4.31. The maximum atomic E-state index is 4.59. The number of fused-ring (bicyclic) bond motifs is 1. The molecule has 0 saturated carbocycles. The highest BCUT2D eigenvalue weighted by Gasteiger charge is 2.06. The number of benzene rings is 1. The Balaban J connectivity index is 1.97. The van der Waals surface area contributed by atoms with E-state index in [0.717, 1.165) is 27.9 Å². The average Bonchev–Trinajstić information content (AvgIpc) is 2.85. The van der Waals surface area contributed by atoms with E-state index in [1.54, 1.807) is 4.52 Å². The van der Waals surface area contributed by atoms with Gasteiger partial charge >= 0.3 is 0 Å². The third-order valence-corrected chi connectivity index (χ3v) is 4.06. The lowest BCUT2D eigenvalue weighted by molar-refractivity contribution is 0.734. The van der Waals surface area contributed by atoms with Crippen molar-refractivity contribution in [2.24, 2.45) is 0 Å². The Hall–Kier alpha value is -1.68. The van der Waals surface area contributed by atoms with E-state index in [-0.39, 0.29) is 0 Å². The van der Waals surface area contributed by atoms with Gasteiger partial charge in [0, 0.05) is 5.56 Å². The van der Waals surface area contributed by atoms with Crippen LogP contribution in [-0.4, -0.2) is 14.6 Å². The molecule has 0 bridgehead atoms. The van der Waals surface area contributed by atoms with E-state index in [9.17, 15) is 0 Å². The molecule has 0 saturated heterocycles. The SMILES string of the molecule is CCC(C)c1ccc(-c2ccc3nc(Br)cn3n2)cc1. The first-order chi connectivity index (χ1) is 9.67. The van der Waals surface area contributed by atoms with Gasteiger partial charge < -0.3 is 0 Å². The van der Waals surface area contributed by atoms with E-state index in [4.69, 9.17) is 0 Å². The second-order valence-corrected chi connectivity index (χ2v) is 5.83. The Morgan fingerprint density at radius 3 is 2.60 bits per heavy atom. The van der Waals surface area contributed by atoms with Gasteiger partial charge in [-0.2, -0.15) is 5.10 Å². The fourth-order valence-electron chi connectivity index (χ4n) is 2.23. The smallest absolute Gasteiger partial charge is 0.154 e. The van der Waals surface area contributed by atoms with Crippen molar-refractivity contribution in [2.45, 2.75) is 26.2 Å². The number of nitrogens with zero attached hydrogens (tertiary/aromatic N) is 3. The minimum Gasteiger partial charge on any atom is -0.220 e. The lowest BCUT2D eigenvalue weighted by Crippen LogP contribution is -1.94. The molecule has 0 N–H and O–H groups in total. The quantitative estimate of drug-likeness (QED) is 0.698. The zero-order valence-corrected chi connectivity index (χ0v) is 13.1. The van der Waals surface area contributed by atoms with Gasteiger partial charge in [-0.15, -0.1) is 0 Å². The topological polar surface area (TPSA) is 30.2 Å². The van der Waals surface area contributed by atoms with E-state index in [2.05, 4.69) is 64.1 Å².